The number of nitrogens with one attached hydrogen (secondary N) is 1. The number of hydrogen-bond donors (Lipinski definition) is 2. The minimum atomic E-state index is -0.732. The fourth-order valence-corrected chi connectivity index (χ4v) is 2.79. The summed E-state index contributed by atoms with van der Waals surface area (Å²) in [5.41, 5.74) is 1.83. The van der Waals surface area contributed by atoms with Crippen molar-refractivity contribution in [3.8, 4) is 0 Å². The number of fused-ring (bicyclic) bond motifs is 1. The van der Waals surface area contributed by atoms with Gasteiger partial charge in [0.15, 0.2) is 0 Å². The molecule has 0 aliphatic carbocycles. The lowest BCUT2D eigenvalue weighted by molar-refractivity contribution is -0.137. The highest BCUT2D eigenvalue weighted by molar-refractivity contribution is 5.87. The predicted molar refractivity (Wildman–Crippen MR) is 92.8 cm³/mol. The van der Waals surface area contributed by atoms with Gasteiger partial charge in [-0.05, 0) is 18.9 Å². The molecule has 2 rings (SSSR count). The van der Waals surface area contributed by atoms with Crippen LogP contribution in [0.15, 0.2) is 24.3 Å². The maximum absolute atomic E-state index is 12.0. The quantitative estimate of drug-likeness (QED) is 0.656. The number of amides is 1. The van der Waals surface area contributed by atoms with E-state index >= 15 is 0 Å². The number of nitrogens with zero attached hydrogens (tertiary/aromatic N) is 2. The Bertz CT molecular complexity index is 694. The number of hydrogen-bond acceptors (Lipinski definition) is 3. The first-order valence-corrected chi connectivity index (χ1v) is 8.47. The first-order chi connectivity index (χ1) is 11.6. The molecule has 0 aliphatic rings. The topological polar surface area (TPSA) is 84.2 Å². The van der Waals surface area contributed by atoms with E-state index in [1.165, 1.54) is 0 Å². The Labute approximate surface area is 141 Å². The Balaban J connectivity index is 1.65. The van der Waals surface area contributed by atoms with E-state index in [0.29, 0.717) is 13.0 Å². The molecule has 24 heavy (non-hydrogen) atoms. The van der Waals surface area contributed by atoms with Gasteiger partial charge in [0, 0.05) is 25.4 Å². The molecule has 0 saturated heterocycles. The van der Waals surface area contributed by atoms with Crippen LogP contribution >= 0.6 is 0 Å². The summed E-state index contributed by atoms with van der Waals surface area (Å²) in [6.45, 7) is 0.655. The molecular formula is C18H25N3O3. The van der Waals surface area contributed by atoms with Crippen molar-refractivity contribution in [2.24, 2.45) is 7.05 Å². The van der Waals surface area contributed by atoms with Crippen LogP contribution in [-0.2, 0) is 23.1 Å². The number of carboxylic acid groups (broad SMARTS) is 1. The monoisotopic (exact) mass is 331 g/mol. The molecule has 0 bridgehead atoms. The molecule has 0 fully saturated rings. The van der Waals surface area contributed by atoms with Crippen LogP contribution < -0.4 is 5.32 Å². The molecule has 1 heterocycles. The molecule has 130 valence electrons. The molecule has 0 radical (unpaired) electrons. The van der Waals surface area contributed by atoms with Crippen molar-refractivity contribution in [2.45, 2.75) is 44.9 Å². The number of para-hydroxylation sites is 1. The highest BCUT2D eigenvalue weighted by atomic mass is 16.4. The summed E-state index contributed by atoms with van der Waals surface area (Å²) in [4.78, 5) is 22.4. The highest BCUT2D eigenvalue weighted by Crippen LogP contribution is 2.17. The van der Waals surface area contributed by atoms with Gasteiger partial charge in [-0.25, -0.2) is 0 Å². The molecule has 1 aromatic heterocycles. The summed E-state index contributed by atoms with van der Waals surface area (Å²) < 4.78 is 1.80. The molecule has 0 aliphatic heterocycles. The Morgan fingerprint density at radius 1 is 1.12 bits per heavy atom. The number of carbonyl (C=O) groups is 2. The van der Waals surface area contributed by atoms with Crippen LogP contribution in [0.1, 0.15) is 44.2 Å². The molecule has 2 aromatic rings. The lowest BCUT2D eigenvalue weighted by Crippen LogP contribution is -2.26. The van der Waals surface area contributed by atoms with Crippen molar-refractivity contribution in [1.29, 1.82) is 0 Å². The standard InChI is InChI=1S/C18H25N3O3/c1-21-16-10-7-6-9-14(16)15(20-21)13-17(22)19-12-8-4-2-3-5-11-18(23)24/h6-7,9-10H,2-5,8,11-13H2,1H3,(H,19,22)(H,23,24). The third-order valence-electron chi connectivity index (χ3n) is 4.05. The SMILES string of the molecule is Cn1nc(CC(=O)NCCCCCCCC(=O)O)c2ccccc21. The van der Waals surface area contributed by atoms with Gasteiger partial charge in [0.25, 0.3) is 0 Å². The fraction of sp³-hybridized carbons (Fsp3) is 0.500. The van der Waals surface area contributed by atoms with E-state index in [4.69, 9.17) is 5.11 Å². The maximum atomic E-state index is 12.0. The molecule has 6 nitrogen and oxygen atoms in total. The summed E-state index contributed by atoms with van der Waals surface area (Å²) >= 11 is 0. The molecule has 1 amide bonds. The molecule has 0 unspecified atom stereocenters. The van der Waals surface area contributed by atoms with E-state index in [2.05, 4.69) is 10.4 Å². The van der Waals surface area contributed by atoms with Gasteiger partial charge in [0.05, 0.1) is 17.6 Å². The van der Waals surface area contributed by atoms with Gasteiger partial charge < -0.3 is 10.4 Å². The van der Waals surface area contributed by atoms with Crippen molar-refractivity contribution in [1.82, 2.24) is 15.1 Å². The lowest BCUT2D eigenvalue weighted by atomic mass is 10.1. The van der Waals surface area contributed by atoms with E-state index in [0.717, 1.165) is 48.7 Å². The van der Waals surface area contributed by atoms with Gasteiger partial charge in [0.2, 0.25) is 5.91 Å². The lowest BCUT2D eigenvalue weighted by Gasteiger charge is -2.04. The van der Waals surface area contributed by atoms with Crippen LogP contribution in [0.5, 0.6) is 0 Å². The van der Waals surface area contributed by atoms with Crippen LogP contribution in [0.4, 0.5) is 0 Å². The highest BCUT2D eigenvalue weighted by Gasteiger charge is 2.11. The van der Waals surface area contributed by atoms with E-state index in [9.17, 15) is 9.59 Å². The van der Waals surface area contributed by atoms with Gasteiger partial charge in [-0.3, -0.25) is 14.3 Å². The average Bonchev–Trinajstić information content (AvgIpc) is 2.86. The van der Waals surface area contributed by atoms with E-state index in [1.807, 2.05) is 31.3 Å². The largest absolute Gasteiger partial charge is 0.481 e. The summed E-state index contributed by atoms with van der Waals surface area (Å²) in [5.74, 6) is -0.742. The summed E-state index contributed by atoms with van der Waals surface area (Å²) in [5, 5.41) is 16.9. The zero-order chi connectivity index (χ0) is 17.4. The van der Waals surface area contributed by atoms with E-state index in [1.54, 1.807) is 4.68 Å². The average molecular weight is 331 g/mol. The Morgan fingerprint density at radius 2 is 1.83 bits per heavy atom. The van der Waals surface area contributed by atoms with Crippen LogP contribution in [-0.4, -0.2) is 33.3 Å². The van der Waals surface area contributed by atoms with Gasteiger partial charge in [-0.1, -0.05) is 37.5 Å². The summed E-state index contributed by atoms with van der Waals surface area (Å²) in [7, 11) is 1.88. The Kier molecular flexibility index (Phi) is 6.78. The number of carboxylic acids is 1. The number of rotatable bonds is 10. The smallest absolute Gasteiger partial charge is 0.303 e. The zero-order valence-corrected chi connectivity index (χ0v) is 14.1. The summed E-state index contributed by atoms with van der Waals surface area (Å²) in [6, 6.07) is 7.90. The van der Waals surface area contributed by atoms with E-state index in [-0.39, 0.29) is 12.3 Å². The Morgan fingerprint density at radius 3 is 2.62 bits per heavy atom. The van der Waals surface area contributed by atoms with Crippen LogP contribution in [0.25, 0.3) is 10.9 Å². The number of aromatic nitrogens is 2. The number of aliphatic carboxylic acids is 1. The van der Waals surface area contributed by atoms with Gasteiger partial charge in [-0.15, -0.1) is 0 Å². The third-order valence-corrected chi connectivity index (χ3v) is 4.05. The molecule has 0 spiro atoms. The first-order valence-electron chi connectivity index (χ1n) is 8.47. The van der Waals surface area contributed by atoms with Gasteiger partial charge >= 0.3 is 5.97 Å². The second-order valence-corrected chi connectivity index (χ2v) is 6.03. The summed E-state index contributed by atoms with van der Waals surface area (Å²) in [6.07, 6.45) is 5.13. The fourth-order valence-electron chi connectivity index (χ4n) is 2.79. The second-order valence-electron chi connectivity index (χ2n) is 6.03. The number of carbonyl (C=O) groups excluding carboxylic acids is 1. The number of unbranched alkanes of at least 4 members (excludes halogenated alkanes) is 4. The van der Waals surface area contributed by atoms with Crippen molar-refractivity contribution in [3.63, 3.8) is 0 Å². The minimum Gasteiger partial charge on any atom is -0.481 e. The third kappa shape index (κ3) is 5.37. The van der Waals surface area contributed by atoms with Crippen LogP contribution in [0.3, 0.4) is 0 Å². The molecule has 2 N–H and O–H groups in total. The number of aryl methyl sites for hydroxylation is 1. The molecule has 1 aromatic carbocycles. The molecular weight excluding hydrogens is 306 g/mol. The van der Waals surface area contributed by atoms with Crippen molar-refractivity contribution in [2.75, 3.05) is 6.54 Å². The minimum absolute atomic E-state index is 0.00951. The van der Waals surface area contributed by atoms with Crippen molar-refractivity contribution >= 4 is 22.8 Å². The molecule has 6 heteroatoms. The first kappa shape index (κ1) is 18.0. The van der Waals surface area contributed by atoms with Gasteiger partial charge in [-0.2, -0.15) is 5.10 Å². The van der Waals surface area contributed by atoms with Crippen molar-refractivity contribution < 1.29 is 14.7 Å². The van der Waals surface area contributed by atoms with Gasteiger partial charge in [0.1, 0.15) is 0 Å². The Hall–Kier alpha value is -2.37. The van der Waals surface area contributed by atoms with Crippen LogP contribution in [0, 0.1) is 0 Å². The molecule has 0 saturated carbocycles. The molecule has 0 atom stereocenters. The van der Waals surface area contributed by atoms with E-state index < -0.39 is 5.97 Å². The number of benzene rings is 1. The predicted octanol–water partition coefficient (Wildman–Crippen LogP) is 2.66. The van der Waals surface area contributed by atoms with Crippen molar-refractivity contribution in [3.05, 3.63) is 30.0 Å². The van der Waals surface area contributed by atoms with Crippen LogP contribution in [0.2, 0.25) is 0 Å². The second kappa shape index (κ2) is 9.05. The normalized spacial score (nSPS) is 10.9. The maximum Gasteiger partial charge on any atom is 0.303 e. The zero-order valence-electron chi connectivity index (χ0n) is 14.1.